The molecule has 1 aromatic rings. The zero-order chi connectivity index (χ0) is 15.5. The van der Waals surface area contributed by atoms with Gasteiger partial charge in [0.2, 0.25) is 0 Å². The number of rotatable bonds is 10. The molecule has 0 aliphatic carbocycles. The normalized spacial score (nSPS) is 10.7. The molecule has 0 radical (unpaired) electrons. The third kappa shape index (κ3) is 7.66. The first-order valence-corrected chi connectivity index (χ1v) is 7.75. The maximum Gasteiger partial charge on any atom is 0.252 e. The van der Waals surface area contributed by atoms with E-state index in [1.807, 2.05) is 6.07 Å². The van der Waals surface area contributed by atoms with Gasteiger partial charge in [0.15, 0.2) is 0 Å². The highest BCUT2D eigenvalue weighted by Crippen LogP contribution is 2.08. The monoisotopic (exact) mass is 292 g/mol. The molecule has 1 aromatic heterocycles. The maximum atomic E-state index is 12.0. The number of nitrogens with one attached hydrogen (secondary N) is 2. The van der Waals surface area contributed by atoms with E-state index in [1.165, 1.54) is 0 Å². The lowest BCUT2D eigenvalue weighted by Crippen LogP contribution is -2.24. The molecule has 1 heterocycles. The van der Waals surface area contributed by atoms with Crippen LogP contribution >= 0.6 is 0 Å². The molecule has 1 rings (SSSR count). The van der Waals surface area contributed by atoms with Crippen LogP contribution < -0.4 is 10.6 Å². The van der Waals surface area contributed by atoms with Gasteiger partial charge in [-0.05, 0) is 39.5 Å². The molecule has 118 valence electrons. The molecule has 0 aliphatic heterocycles. The molecule has 5 heteroatoms. The molecule has 0 atom stereocenters. The standard InChI is InChI=1S/C16H28N4O/c1-4-5-6-8-19-16(21)14-11-15(13-17-12-14)18-9-7-10-20(2)3/h11-13,18H,4-10H2,1-3H3,(H,19,21). The maximum absolute atomic E-state index is 12.0. The Kier molecular flexibility index (Phi) is 8.43. The van der Waals surface area contributed by atoms with E-state index in [4.69, 9.17) is 0 Å². The Bertz CT molecular complexity index is 420. The molecule has 21 heavy (non-hydrogen) atoms. The number of aromatic nitrogens is 1. The van der Waals surface area contributed by atoms with Crippen LogP contribution in [0.4, 0.5) is 5.69 Å². The van der Waals surface area contributed by atoms with Gasteiger partial charge in [-0.1, -0.05) is 19.8 Å². The number of nitrogens with zero attached hydrogens (tertiary/aromatic N) is 2. The third-order valence-electron chi connectivity index (χ3n) is 3.18. The molecule has 0 unspecified atom stereocenters. The minimum absolute atomic E-state index is 0.0458. The average Bonchev–Trinajstić information content (AvgIpc) is 2.48. The van der Waals surface area contributed by atoms with Crippen molar-refractivity contribution >= 4 is 11.6 Å². The van der Waals surface area contributed by atoms with E-state index in [9.17, 15) is 4.79 Å². The summed E-state index contributed by atoms with van der Waals surface area (Å²) in [6.45, 7) is 4.80. The van der Waals surface area contributed by atoms with E-state index in [2.05, 4.69) is 41.5 Å². The van der Waals surface area contributed by atoms with Crippen LogP contribution in [-0.4, -0.2) is 49.5 Å². The summed E-state index contributed by atoms with van der Waals surface area (Å²) in [7, 11) is 4.12. The van der Waals surface area contributed by atoms with Gasteiger partial charge in [0, 0.05) is 25.5 Å². The van der Waals surface area contributed by atoms with Crippen molar-refractivity contribution in [2.24, 2.45) is 0 Å². The van der Waals surface area contributed by atoms with E-state index < -0.39 is 0 Å². The number of carbonyl (C=O) groups excluding carboxylic acids is 1. The first-order chi connectivity index (χ1) is 10.1. The molecule has 0 spiro atoms. The molecule has 0 fully saturated rings. The number of amides is 1. The van der Waals surface area contributed by atoms with Gasteiger partial charge in [0.05, 0.1) is 11.3 Å². The zero-order valence-electron chi connectivity index (χ0n) is 13.5. The molecule has 1 amide bonds. The molecular weight excluding hydrogens is 264 g/mol. The minimum atomic E-state index is -0.0458. The largest absolute Gasteiger partial charge is 0.384 e. The fourth-order valence-corrected chi connectivity index (χ4v) is 1.97. The number of hydrogen-bond acceptors (Lipinski definition) is 4. The van der Waals surface area contributed by atoms with Crippen molar-refractivity contribution in [1.29, 1.82) is 0 Å². The predicted octanol–water partition coefficient (Wildman–Crippen LogP) is 2.37. The average molecular weight is 292 g/mol. The van der Waals surface area contributed by atoms with E-state index in [-0.39, 0.29) is 5.91 Å². The Morgan fingerprint density at radius 3 is 2.71 bits per heavy atom. The van der Waals surface area contributed by atoms with Gasteiger partial charge in [-0.25, -0.2) is 0 Å². The topological polar surface area (TPSA) is 57.3 Å². The second kappa shape index (κ2) is 10.2. The summed E-state index contributed by atoms with van der Waals surface area (Å²) in [6, 6.07) is 1.86. The fourth-order valence-electron chi connectivity index (χ4n) is 1.97. The van der Waals surface area contributed by atoms with Crippen molar-refractivity contribution in [2.75, 3.05) is 39.0 Å². The molecule has 0 aliphatic rings. The lowest BCUT2D eigenvalue weighted by molar-refractivity contribution is 0.0952. The highest BCUT2D eigenvalue weighted by molar-refractivity contribution is 5.94. The summed E-state index contributed by atoms with van der Waals surface area (Å²) >= 11 is 0. The summed E-state index contributed by atoms with van der Waals surface area (Å²) < 4.78 is 0. The first-order valence-electron chi connectivity index (χ1n) is 7.75. The summed E-state index contributed by atoms with van der Waals surface area (Å²) in [6.07, 6.45) is 7.75. The van der Waals surface area contributed by atoms with Gasteiger partial charge in [0.1, 0.15) is 0 Å². The number of anilines is 1. The van der Waals surface area contributed by atoms with E-state index >= 15 is 0 Å². The molecule has 0 bridgehead atoms. The summed E-state index contributed by atoms with van der Waals surface area (Å²) in [4.78, 5) is 18.3. The van der Waals surface area contributed by atoms with Crippen molar-refractivity contribution in [3.63, 3.8) is 0 Å². The van der Waals surface area contributed by atoms with Gasteiger partial charge < -0.3 is 15.5 Å². The smallest absolute Gasteiger partial charge is 0.252 e. The van der Waals surface area contributed by atoms with Crippen LogP contribution in [0, 0.1) is 0 Å². The number of carbonyl (C=O) groups is 1. The predicted molar refractivity (Wildman–Crippen MR) is 87.8 cm³/mol. The van der Waals surface area contributed by atoms with Crippen LogP contribution in [0.2, 0.25) is 0 Å². The molecule has 5 nitrogen and oxygen atoms in total. The molecule has 0 aromatic carbocycles. The van der Waals surface area contributed by atoms with Crippen LogP contribution in [0.15, 0.2) is 18.5 Å². The minimum Gasteiger partial charge on any atom is -0.384 e. The lowest BCUT2D eigenvalue weighted by atomic mass is 10.2. The third-order valence-corrected chi connectivity index (χ3v) is 3.18. The van der Waals surface area contributed by atoms with E-state index in [1.54, 1.807) is 12.4 Å². The first kappa shape index (κ1) is 17.4. The molecule has 2 N–H and O–H groups in total. The summed E-state index contributed by atoms with van der Waals surface area (Å²) in [5.74, 6) is -0.0458. The number of pyridine rings is 1. The van der Waals surface area contributed by atoms with Crippen molar-refractivity contribution in [3.8, 4) is 0 Å². The van der Waals surface area contributed by atoms with Crippen molar-refractivity contribution in [3.05, 3.63) is 24.0 Å². The Labute approximate surface area is 128 Å². The van der Waals surface area contributed by atoms with Crippen molar-refractivity contribution in [2.45, 2.75) is 32.6 Å². The summed E-state index contributed by atoms with van der Waals surface area (Å²) in [5, 5.41) is 6.23. The SMILES string of the molecule is CCCCCNC(=O)c1cncc(NCCCN(C)C)c1. The molecular formula is C16H28N4O. The Balaban J connectivity index is 2.38. The van der Waals surface area contributed by atoms with Gasteiger partial charge in [-0.15, -0.1) is 0 Å². The second-order valence-electron chi connectivity index (χ2n) is 5.51. The van der Waals surface area contributed by atoms with Gasteiger partial charge >= 0.3 is 0 Å². The van der Waals surface area contributed by atoms with E-state index in [0.29, 0.717) is 5.56 Å². The van der Waals surface area contributed by atoms with Crippen LogP contribution in [0.25, 0.3) is 0 Å². The molecule has 0 saturated carbocycles. The van der Waals surface area contributed by atoms with Crippen LogP contribution in [-0.2, 0) is 0 Å². The van der Waals surface area contributed by atoms with Crippen LogP contribution in [0.3, 0.4) is 0 Å². The number of unbranched alkanes of at least 4 members (excludes halogenated alkanes) is 2. The fraction of sp³-hybridized carbons (Fsp3) is 0.625. The van der Waals surface area contributed by atoms with E-state index in [0.717, 1.165) is 51.0 Å². The molecule has 0 saturated heterocycles. The lowest BCUT2D eigenvalue weighted by Gasteiger charge is -2.11. The van der Waals surface area contributed by atoms with Crippen molar-refractivity contribution in [1.82, 2.24) is 15.2 Å². The Morgan fingerprint density at radius 2 is 2.00 bits per heavy atom. The second-order valence-corrected chi connectivity index (χ2v) is 5.51. The van der Waals surface area contributed by atoms with Crippen LogP contribution in [0.1, 0.15) is 43.0 Å². The summed E-state index contributed by atoms with van der Waals surface area (Å²) in [5.41, 5.74) is 1.51. The van der Waals surface area contributed by atoms with Crippen molar-refractivity contribution < 1.29 is 4.79 Å². The Morgan fingerprint density at radius 1 is 1.19 bits per heavy atom. The Hall–Kier alpha value is -1.62. The number of hydrogen-bond donors (Lipinski definition) is 2. The highest BCUT2D eigenvalue weighted by Gasteiger charge is 2.06. The highest BCUT2D eigenvalue weighted by atomic mass is 16.1. The quantitative estimate of drug-likeness (QED) is 0.650. The van der Waals surface area contributed by atoms with Gasteiger partial charge in [-0.3, -0.25) is 9.78 Å². The van der Waals surface area contributed by atoms with Crippen LogP contribution in [0.5, 0.6) is 0 Å². The van der Waals surface area contributed by atoms with Gasteiger partial charge in [-0.2, -0.15) is 0 Å². The zero-order valence-corrected chi connectivity index (χ0v) is 13.5. The van der Waals surface area contributed by atoms with Gasteiger partial charge in [0.25, 0.3) is 5.91 Å².